The highest BCUT2D eigenvalue weighted by Crippen LogP contribution is 2.48. The summed E-state index contributed by atoms with van der Waals surface area (Å²) in [6, 6.07) is 0. The first-order valence-electron chi connectivity index (χ1n) is 4.98. The first kappa shape index (κ1) is 11.3. The zero-order valence-corrected chi connectivity index (χ0v) is 10.4. The minimum atomic E-state index is -1.30. The molecule has 1 saturated carbocycles. The molecule has 0 unspecified atom stereocenters. The smallest absolute Gasteiger partial charge is 0.307 e. The van der Waals surface area contributed by atoms with Gasteiger partial charge in [0.1, 0.15) is 8.07 Å². The van der Waals surface area contributed by atoms with Crippen LogP contribution in [0.2, 0.25) is 19.6 Å². The Hall–Kier alpha value is -0.753. The van der Waals surface area contributed by atoms with Gasteiger partial charge in [-0.25, -0.2) is 0 Å². The standard InChI is InChI=1S/C11H18O2Si/c1-13-10(12)9-11(5-6-11)7-8-14(2,3)4/h5-6,9H2,1-4H3. The molecule has 1 aliphatic carbocycles. The van der Waals surface area contributed by atoms with E-state index < -0.39 is 8.07 Å². The van der Waals surface area contributed by atoms with Crippen molar-refractivity contribution >= 4 is 14.0 Å². The summed E-state index contributed by atoms with van der Waals surface area (Å²) < 4.78 is 4.66. The van der Waals surface area contributed by atoms with Crippen LogP contribution in [0.25, 0.3) is 0 Å². The quantitative estimate of drug-likeness (QED) is 0.397. The van der Waals surface area contributed by atoms with Gasteiger partial charge < -0.3 is 4.74 Å². The molecule has 78 valence electrons. The predicted octanol–water partition coefficient (Wildman–Crippen LogP) is 2.21. The molecule has 2 nitrogen and oxygen atoms in total. The highest BCUT2D eigenvalue weighted by molar-refractivity contribution is 6.83. The van der Waals surface area contributed by atoms with E-state index in [0.717, 1.165) is 12.8 Å². The minimum Gasteiger partial charge on any atom is -0.469 e. The van der Waals surface area contributed by atoms with Crippen LogP contribution in [0.1, 0.15) is 19.3 Å². The van der Waals surface area contributed by atoms with Crippen LogP contribution >= 0.6 is 0 Å². The minimum absolute atomic E-state index is 0.0205. The van der Waals surface area contributed by atoms with Crippen molar-refractivity contribution < 1.29 is 9.53 Å². The summed E-state index contributed by atoms with van der Waals surface area (Å²) in [6.07, 6.45) is 2.58. The number of hydrogen-bond donors (Lipinski definition) is 0. The summed E-state index contributed by atoms with van der Waals surface area (Å²) in [5, 5.41) is 0. The molecule has 0 aromatic rings. The fourth-order valence-electron chi connectivity index (χ4n) is 1.17. The zero-order chi connectivity index (χ0) is 10.8. The Morgan fingerprint density at radius 3 is 2.36 bits per heavy atom. The summed E-state index contributed by atoms with van der Waals surface area (Å²) in [7, 11) is 0.133. The van der Waals surface area contributed by atoms with Crippen LogP contribution in [0.4, 0.5) is 0 Å². The van der Waals surface area contributed by atoms with Gasteiger partial charge in [0.15, 0.2) is 0 Å². The Labute approximate surface area is 87.0 Å². The van der Waals surface area contributed by atoms with E-state index in [1.807, 2.05) is 0 Å². The van der Waals surface area contributed by atoms with Crippen LogP contribution in [0, 0.1) is 16.9 Å². The van der Waals surface area contributed by atoms with Crippen LogP contribution in [0.3, 0.4) is 0 Å². The van der Waals surface area contributed by atoms with Crippen LogP contribution in [0.5, 0.6) is 0 Å². The second-order valence-electron chi connectivity index (χ2n) is 5.03. The van der Waals surface area contributed by atoms with Gasteiger partial charge in [-0.2, -0.15) is 0 Å². The van der Waals surface area contributed by atoms with Crippen molar-refractivity contribution in [1.82, 2.24) is 0 Å². The number of methoxy groups -OCH3 is 1. The Morgan fingerprint density at radius 1 is 1.43 bits per heavy atom. The number of esters is 1. The average molecular weight is 210 g/mol. The molecule has 14 heavy (non-hydrogen) atoms. The van der Waals surface area contributed by atoms with E-state index in [2.05, 4.69) is 35.8 Å². The van der Waals surface area contributed by atoms with Gasteiger partial charge in [-0.05, 0) is 12.8 Å². The molecule has 0 radical (unpaired) electrons. The molecule has 0 aromatic heterocycles. The van der Waals surface area contributed by atoms with Crippen molar-refractivity contribution in [2.24, 2.45) is 5.41 Å². The topological polar surface area (TPSA) is 26.3 Å². The van der Waals surface area contributed by atoms with Gasteiger partial charge in [-0.3, -0.25) is 4.79 Å². The molecule has 0 aromatic carbocycles. The third-order valence-electron chi connectivity index (χ3n) is 2.27. The lowest BCUT2D eigenvalue weighted by Crippen LogP contribution is -2.18. The van der Waals surface area contributed by atoms with E-state index in [1.54, 1.807) is 0 Å². The Morgan fingerprint density at radius 2 is 2.00 bits per heavy atom. The van der Waals surface area contributed by atoms with Gasteiger partial charge in [0, 0.05) is 5.41 Å². The molecular weight excluding hydrogens is 192 g/mol. The molecule has 0 aliphatic heterocycles. The molecule has 0 amide bonds. The zero-order valence-electron chi connectivity index (χ0n) is 9.44. The van der Waals surface area contributed by atoms with E-state index in [-0.39, 0.29) is 11.4 Å². The lowest BCUT2D eigenvalue weighted by Gasteiger charge is -2.08. The predicted molar refractivity (Wildman–Crippen MR) is 59.4 cm³/mol. The normalized spacial score (nSPS) is 18.0. The molecular formula is C11H18O2Si. The molecule has 0 N–H and O–H groups in total. The molecule has 1 fully saturated rings. The van der Waals surface area contributed by atoms with Crippen molar-refractivity contribution in [1.29, 1.82) is 0 Å². The summed E-state index contributed by atoms with van der Waals surface area (Å²) in [4.78, 5) is 11.1. The maximum absolute atomic E-state index is 11.1. The molecule has 0 heterocycles. The third-order valence-corrected chi connectivity index (χ3v) is 3.14. The molecule has 0 bridgehead atoms. The highest BCUT2D eigenvalue weighted by Gasteiger charge is 2.43. The van der Waals surface area contributed by atoms with Crippen LogP contribution < -0.4 is 0 Å². The fraction of sp³-hybridized carbons (Fsp3) is 0.727. The van der Waals surface area contributed by atoms with Gasteiger partial charge in [0.05, 0.1) is 13.5 Å². The Bertz CT molecular complexity index is 287. The number of carbonyl (C=O) groups excluding carboxylic acids is 1. The largest absolute Gasteiger partial charge is 0.469 e. The summed E-state index contributed by atoms with van der Waals surface area (Å²) >= 11 is 0. The van der Waals surface area contributed by atoms with Crippen molar-refractivity contribution in [3.63, 3.8) is 0 Å². The van der Waals surface area contributed by atoms with Gasteiger partial charge >= 0.3 is 5.97 Å². The lowest BCUT2D eigenvalue weighted by molar-refractivity contribution is -0.141. The van der Waals surface area contributed by atoms with Crippen LogP contribution in [-0.2, 0) is 9.53 Å². The van der Waals surface area contributed by atoms with Gasteiger partial charge in [-0.15, -0.1) is 11.5 Å². The Balaban J connectivity index is 2.58. The van der Waals surface area contributed by atoms with Crippen molar-refractivity contribution in [3.8, 4) is 11.5 Å². The first-order chi connectivity index (χ1) is 6.37. The average Bonchev–Trinajstić information content (AvgIpc) is 2.81. The Kier molecular flexibility index (Phi) is 3.06. The monoisotopic (exact) mass is 210 g/mol. The van der Waals surface area contributed by atoms with E-state index in [9.17, 15) is 4.79 Å². The van der Waals surface area contributed by atoms with Crippen LogP contribution in [-0.4, -0.2) is 21.2 Å². The molecule has 3 heteroatoms. The second kappa shape index (κ2) is 3.78. The maximum atomic E-state index is 11.1. The summed E-state index contributed by atoms with van der Waals surface area (Å²) in [5.74, 6) is 3.15. The van der Waals surface area contributed by atoms with Gasteiger partial charge in [0.2, 0.25) is 0 Å². The highest BCUT2D eigenvalue weighted by atomic mass is 28.3. The number of ether oxygens (including phenoxy) is 1. The van der Waals surface area contributed by atoms with E-state index >= 15 is 0 Å². The maximum Gasteiger partial charge on any atom is 0.307 e. The van der Waals surface area contributed by atoms with E-state index in [4.69, 9.17) is 0 Å². The van der Waals surface area contributed by atoms with Crippen molar-refractivity contribution in [3.05, 3.63) is 0 Å². The lowest BCUT2D eigenvalue weighted by atomic mass is 10.0. The third kappa shape index (κ3) is 3.55. The second-order valence-corrected chi connectivity index (χ2v) is 9.78. The fourth-order valence-corrected chi connectivity index (χ4v) is 1.81. The van der Waals surface area contributed by atoms with E-state index in [0.29, 0.717) is 6.42 Å². The van der Waals surface area contributed by atoms with E-state index in [1.165, 1.54) is 7.11 Å². The summed E-state index contributed by atoms with van der Waals surface area (Å²) in [5.41, 5.74) is 3.31. The molecule has 0 saturated heterocycles. The number of rotatable bonds is 2. The van der Waals surface area contributed by atoms with Gasteiger partial charge in [0.25, 0.3) is 0 Å². The molecule has 1 aliphatic rings. The van der Waals surface area contributed by atoms with Crippen molar-refractivity contribution in [2.75, 3.05) is 7.11 Å². The number of hydrogen-bond acceptors (Lipinski definition) is 2. The van der Waals surface area contributed by atoms with Crippen LogP contribution in [0.15, 0.2) is 0 Å². The van der Waals surface area contributed by atoms with Gasteiger partial charge in [-0.1, -0.05) is 19.6 Å². The molecule has 0 atom stereocenters. The molecule has 1 rings (SSSR count). The summed E-state index contributed by atoms with van der Waals surface area (Å²) in [6.45, 7) is 6.65. The SMILES string of the molecule is COC(=O)CC1(C#C[Si](C)(C)C)CC1. The number of carbonyl (C=O) groups is 1. The first-order valence-corrected chi connectivity index (χ1v) is 8.48. The van der Waals surface area contributed by atoms with Crippen molar-refractivity contribution in [2.45, 2.75) is 38.9 Å². The molecule has 0 spiro atoms.